The Labute approximate surface area is 126 Å². The number of sulfonamides is 1. The van der Waals surface area contributed by atoms with Gasteiger partial charge in [0, 0.05) is 20.3 Å². The van der Waals surface area contributed by atoms with Gasteiger partial charge in [0.15, 0.2) is 0 Å². The molecule has 0 heterocycles. The van der Waals surface area contributed by atoms with E-state index in [-0.39, 0.29) is 4.90 Å². The van der Waals surface area contributed by atoms with Crippen LogP contribution in [0.4, 0.5) is 0 Å². The van der Waals surface area contributed by atoms with Crippen molar-refractivity contribution in [2.45, 2.75) is 24.3 Å². The van der Waals surface area contributed by atoms with E-state index >= 15 is 0 Å². The lowest BCUT2D eigenvalue weighted by Gasteiger charge is -2.10. The molecule has 0 saturated heterocycles. The smallest absolute Gasteiger partial charge is 0.240 e. The molecule has 7 heteroatoms. The highest BCUT2D eigenvalue weighted by atomic mass is 32.2. The van der Waals surface area contributed by atoms with E-state index in [4.69, 9.17) is 9.47 Å². The third-order valence-electron chi connectivity index (χ3n) is 2.84. The molecule has 2 N–H and O–H groups in total. The third-order valence-corrected chi connectivity index (χ3v) is 4.30. The standard InChI is InChI=1S/C14H23NO5S/c1-12(16)13-5-3-6-14(11-13)21(17,18)15-7-4-8-20-10-9-19-2/h3,5-6,11-12,15-16H,4,7-10H2,1-2H3. The van der Waals surface area contributed by atoms with Crippen LogP contribution in [-0.2, 0) is 19.5 Å². The predicted molar refractivity (Wildman–Crippen MR) is 79.6 cm³/mol. The van der Waals surface area contributed by atoms with Gasteiger partial charge in [-0.25, -0.2) is 13.1 Å². The van der Waals surface area contributed by atoms with E-state index in [1.807, 2.05) is 0 Å². The number of hydrogen-bond donors (Lipinski definition) is 2. The minimum absolute atomic E-state index is 0.154. The van der Waals surface area contributed by atoms with Crippen LogP contribution < -0.4 is 4.72 Å². The Morgan fingerprint density at radius 1 is 1.29 bits per heavy atom. The van der Waals surface area contributed by atoms with E-state index in [2.05, 4.69) is 4.72 Å². The van der Waals surface area contributed by atoms with Crippen molar-refractivity contribution in [3.63, 3.8) is 0 Å². The van der Waals surface area contributed by atoms with Crippen LogP contribution in [0, 0.1) is 0 Å². The maximum Gasteiger partial charge on any atom is 0.240 e. The van der Waals surface area contributed by atoms with Crippen LogP contribution in [-0.4, -0.2) is 47.0 Å². The summed E-state index contributed by atoms with van der Waals surface area (Å²) >= 11 is 0. The minimum Gasteiger partial charge on any atom is -0.389 e. The monoisotopic (exact) mass is 317 g/mol. The highest BCUT2D eigenvalue weighted by Gasteiger charge is 2.14. The first-order chi connectivity index (χ1) is 9.97. The van der Waals surface area contributed by atoms with Crippen molar-refractivity contribution < 1.29 is 23.0 Å². The molecule has 1 aromatic rings. The van der Waals surface area contributed by atoms with Crippen LogP contribution in [0.25, 0.3) is 0 Å². The second kappa shape index (κ2) is 9.11. The summed E-state index contributed by atoms with van der Waals surface area (Å²) < 4.78 is 36.8. The normalized spacial score (nSPS) is 13.3. The van der Waals surface area contributed by atoms with Gasteiger partial charge in [-0.05, 0) is 31.0 Å². The molecule has 1 aromatic carbocycles. The molecule has 120 valence electrons. The summed E-state index contributed by atoms with van der Waals surface area (Å²) in [7, 11) is -1.96. The molecular formula is C14H23NO5S. The SMILES string of the molecule is COCCOCCCNS(=O)(=O)c1cccc(C(C)O)c1. The average Bonchev–Trinajstić information content (AvgIpc) is 2.46. The summed E-state index contributed by atoms with van der Waals surface area (Å²) in [5.41, 5.74) is 0.570. The van der Waals surface area contributed by atoms with Gasteiger partial charge in [-0.1, -0.05) is 12.1 Å². The number of hydrogen-bond acceptors (Lipinski definition) is 5. The molecule has 6 nitrogen and oxygen atoms in total. The summed E-state index contributed by atoms with van der Waals surface area (Å²) in [6.45, 7) is 3.39. The molecule has 0 radical (unpaired) electrons. The Hall–Kier alpha value is -0.990. The number of ether oxygens (including phenoxy) is 2. The fourth-order valence-corrected chi connectivity index (χ4v) is 2.78. The largest absolute Gasteiger partial charge is 0.389 e. The first-order valence-electron chi connectivity index (χ1n) is 6.82. The van der Waals surface area contributed by atoms with Gasteiger partial charge in [0.2, 0.25) is 10.0 Å². The van der Waals surface area contributed by atoms with E-state index in [0.717, 1.165) is 0 Å². The highest BCUT2D eigenvalue weighted by Crippen LogP contribution is 2.16. The summed E-state index contributed by atoms with van der Waals surface area (Å²) in [5.74, 6) is 0. The van der Waals surface area contributed by atoms with Crippen LogP contribution >= 0.6 is 0 Å². The van der Waals surface area contributed by atoms with Crippen molar-refractivity contribution in [2.24, 2.45) is 0 Å². The van der Waals surface area contributed by atoms with E-state index in [1.165, 1.54) is 12.1 Å². The lowest BCUT2D eigenvalue weighted by atomic mass is 10.1. The zero-order chi connectivity index (χ0) is 15.7. The molecule has 1 atom stereocenters. The summed E-state index contributed by atoms with van der Waals surface area (Å²) in [6.07, 6.45) is -0.117. The van der Waals surface area contributed by atoms with Gasteiger partial charge in [-0.3, -0.25) is 0 Å². The van der Waals surface area contributed by atoms with E-state index in [9.17, 15) is 13.5 Å². The first-order valence-corrected chi connectivity index (χ1v) is 8.30. The average molecular weight is 317 g/mol. The summed E-state index contributed by atoms with van der Waals surface area (Å²) in [5, 5.41) is 9.49. The fourth-order valence-electron chi connectivity index (χ4n) is 1.65. The summed E-state index contributed by atoms with van der Waals surface area (Å²) in [6, 6.07) is 6.28. The molecule has 1 rings (SSSR count). The van der Waals surface area contributed by atoms with Gasteiger partial charge in [0.1, 0.15) is 0 Å². The van der Waals surface area contributed by atoms with Gasteiger partial charge in [-0.2, -0.15) is 0 Å². The van der Waals surface area contributed by atoms with Crippen LogP contribution in [0.15, 0.2) is 29.2 Å². The Morgan fingerprint density at radius 2 is 2.05 bits per heavy atom. The minimum atomic E-state index is -3.56. The third kappa shape index (κ3) is 6.54. The molecule has 0 aliphatic carbocycles. The number of methoxy groups -OCH3 is 1. The zero-order valence-corrected chi connectivity index (χ0v) is 13.2. The number of aliphatic hydroxyl groups is 1. The number of nitrogens with one attached hydrogen (secondary N) is 1. The molecule has 21 heavy (non-hydrogen) atoms. The van der Waals surface area contributed by atoms with Gasteiger partial charge in [0.05, 0.1) is 24.2 Å². The fraction of sp³-hybridized carbons (Fsp3) is 0.571. The number of rotatable bonds is 10. The molecule has 0 aliphatic rings. The number of benzene rings is 1. The van der Waals surface area contributed by atoms with Gasteiger partial charge >= 0.3 is 0 Å². The van der Waals surface area contributed by atoms with E-state index < -0.39 is 16.1 Å². The maximum absolute atomic E-state index is 12.1. The molecule has 0 saturated carbocycles. The molecular weight excluding hydrogens is 294 g/mol. The maximum atomic E-state index is 12.1. The topological polar surface area (TPSA) is 84.9 Å². The lowest BCUT2D eigenvalue weighted by molar-refractivity contribution is 0.0699. The van der Waals surface area contributed by atoms with Crippen molar-refractivity contribution in [3.8, 4) is 0 Å². The first kappa shape index (κ1) is 18.1. The zero-order valence-electron chi connectivity index (χ0n) is 12.4. The molecule has 0 aromatic heterocycles. The van der Waals surface area contributed by atoms with Gasteiger partial charge in [-0.15, -0.1) is 0 Å². The van der Waals surface area contributed by atoms with Gasteiger partial charge in [0.25, 0.3) is 0 Å². The van der Waals surface area contributed by atoms with Crippen molar-refractivity contribution in [3.05, 3.63) is 29.8 Å². The second-order valence-electron chi connectivity index (χ2n) is 4.60. The highest BCUT2D eigenvalue weighted by molar-refractivity contribution is 7.89. The lowest BCUT2D eigenvalue weighted by Crippen LogP contribution is -2.25. The van der Waals surface area contributed by atoms with Crippen molar-refractivity contribution >= 4 is 10.0 Å². The summed E-state index contributed by atoms with van der Waals surface area (Å²) in [4.78, 5) is 0.154. The molecule has 0 spiro atoms. The number of aliphatic hydroxyl groups excluding tert-OH is 1. The van der Waals surface area contributed by atoms with Crippen molar-refractivity contribution in [2.75, 3.05) is 33.5 Å². The quantitative estimate of drug-likeness (QED) is 0.631. The van der Waals surface area contributed by atoms with Crippen LogP contribution in [0.3, 0.4) is 0 Å². The van der Waals surface area contributed by atoms with Crippen molar-refractivity contribution in [1.29, 1.82) is 0 Å². The predicted octanol–water partition coefficient (Wildman–Crippen LogP) is 1.07. The Balaban J connectivity index is 2.45. The van der Waals surface area contributed by atoms with Crippen LogP contribution in [0.5, 0.6) is 0 Å². The Kier molecular flexibility index (Phi) is 7.84. The molecule has 0 fully saturated rings. The van der Waals surface area contributed by atoms with E-state index in [1.54, 1.807) is 26.2 Å². The van der Waals surface area contributed by atoms with Crippen LogP contribution in [0.1, 0.15) is 25.0 Å². The Morgan fingerprint density at radius 3 is 2.71 bits per heavy atom. The van der Waals surface area contributed by atoms with E-state index in [0.29, 0.717) is 38.3 Å². The molecule has 0 amide bonds. The van der Waals surface area contributed by atoms with Crippen molar-refractivity contribution in [1.82, 2.24) is 4.72 Å². The molecule has 0 bridgehead atoms. The molecule has 1 unspecified atom stereocenters. The van der Waals surface area contributed by atoms with Crippen LogP contribution in [0.2, 0.25) is 0 Å². The van der Waals surface area contributed by atoms with Gasteiger partial charge < -0.3 is 14.6 Å². The Bertz CT molecular complexity index is 516. The molecule has 0 aliphatic heterocycles. The second-order valence-corrected chi connectivity index (χ2v) is 6.37.